The van der Waals surface area contributed by atoms with E-state index in [-0.39, 0.29) is 29.9 Å². The number of aromatic nitrogens is 2. The van der Waals surface area contributed by atoms with Crippen LogP contribution in [0.4, 0.5) is 0 Å². The Morgan fingerprint density at radius 1 is 1.45 bits per heavy atom. The molecule has 2 rings (SSSR count). The van der Waals surface area contributed by atoms with Gasteiger partial charge in [-0.25, -0.2) is 0 Å². The van der Waals surface area contributed by atoms with Gasteiger partial charge in [-0.2, -0.15) is 5.10 Å². The molecule has 1 aliphatic heterocycles. The number of aryl methyl sites for hydroxylation is 1. The van der Waals surface area contributed by atoms with E-state index >= 15 is 0 Å². The van der Waals surface area contributed by atoms with Crippen LogP contribution in [0.15, 0.2) is 12.4 Å². The molecule has 1 amide bonds. The molecule has 0 bridgehead atoms. The third-order valence-electron chi connectivity index (χ3n) is 3.62. The number of carbonyl (C=O) groups is 2. The lowest BCUT2D eigenvalue weighted by Gasteiger charge is -2.37. The fourth-order valence-electron chi connectivity index (χ4n) is 2.86. The Morgan fingerprint density at radius 3 is 2.55 bits per heavy atom. The first kappa shape index (κ1) is 14.6. The Labute approximate surface area is 118 Å². The lowest BCUT2D eigenvalue weighted by atomic mass is 9.93. The molecule has 1 aromatic heterocycles. The molecule has 1 aromatic rings. The van der Waals surface area contributed by atoms with Crippen molar-refractivity contribution in [3.63, 3.8) is 0 Å². The number of esters is 1. The highest BCUT2D eigenvalue weighted by atomic mass is 16.5. The van der Waals surface area contributed by atoms with Gasteiger partial charge in [-0.15, -0.1) is 0 Å². The van der Waals surface area contributed by atoms with Gasteiger partial charge in [0, 0.05) is 30.8 Å². The summed E-state index contributed by atoms with van der Waals surface area (Å²) < 4.78 is 6.53. The van der Waals surface area contributed by atoms with Crippen LogP contribution in [0.25, 0.3) is 0 Å². The minimum Gasteiger partial charge on any atom is -0.469 e. The predicted molar refractivity (Wildman–Crippen MR) is 72.7 cm³/mol. The first-order chi connectivity index (χ1) is 9.25. The van der Waals surface area contributed by atoms with E-state index in [1.54, 1.807) is 15.8 Å². The zero-order chi connectivity index (χ0) is 15.1. The minimum absolute atomic E-state index is 0.0262. The van der Waals surface area contributed by atoms with Gasteiger partial charge in [0.1, 0.15) is 0 Å². The van der Waals surface area contributed by atoms with Crippen LogP contribution >= 0.6 is 0 Å². The Balaban J connectivity index is 2.46. The Morgan fingerprint density at radius 2 is 2.10 bits per heavy atom. The second kappa shape index (κ2) is 4.92. The van der Waals surface area contributed by atoms with Gasteiger partial charge in [-0.1, -0.05) is 0 Å². The van der Waals surface area contributed by atoms with Crippen LogP contribution < -0.4 is 0 Å². The van der Waals surface area contributed by atoms with Gasteiger partial charge in [-0.3, -0.25) is 14.3 Å². The van der Waals surface area contributed by atoms with E-state index in [4.69, 9.17) is 4.74 Å². The van der Waals surface area contributed by atoms with E-state index in [1.165, 1.54) is 7.11 Å². The quantitative estimate of drug-likeness (QED) is 0.765. The highest BCUT2D eigenvalue weighted by Crippen LogP contribution is 2.42. The number of nitrogens with zero attached hydrogens (tertiary/aromatic N) is 3. The van der Waals surface area contributed by atoms with Gasteiger partial charge in [0.2, 0.25) is 5.91 Å². The molecule has 0 saturated carbocycles. The summed E-state index contributed by atoms with van der Waals surface area (Å²) in [5, 5.41) is 4.15. The number of ether oxygens (including phenoxy) is 1. The zero-order valence-electron chi connectivity index (χ0n) is 12.6. The summed E-state index contributed by atoms with van der Waals surface area (Å²) in [5.41, 5.74) is 0.504. The summed E-state index contributed by atoms with van der Waals surface area (Å²) >= 11 is 0. The van der Waals surface area contributed by atoms with E-state index in [9.17, 15) is 9.59 Å². The normalized spacial score (nSPS) is 23.2. The predicted octanol–water partition coefficient (Wildman–Crippen LogP) is 1.28. The Kier molecular flexibility index (Phi) is 3.58. The molecular weight excluding hydrogens is 258 g/mol. The van der Waals surface area contributed by atoms with Crippen LogP contribution in [-0.2, 0) is 21.4 Å². The van der Waals surface area contributed by atoms with Crippen molar-refractivity contribution in [1.29, 1.82) is 0 Å². The summed E-state index contributed by atoms with van der Waals surface area (Å²) in [6.07, 6.45) is 3.74. The van der Waals surface area contributed by atoms with E-state index in [0.29, 0.717) is 0 Å². The Hall–Kier alpha value is -1.85. The molecule has 20 heavy (non-hydrogen) atoms. The molecular formula is C14H21N3O3. The molecule has 1 saturated heterocycles. The number of carbonyl (C=O) groups excluding carboxylic acids is 2. The van der Waals surface area contributed by atoms with Crippen LogP contribution in [0.3, 0.4) is 0 Å². The fourth-order valence-corrected chi connectivity index (χ4v) is 2.86. The second-order valence-corrected chi connectivity index (χ2v) is 6.16. The lowest BCUT2D eigenvalue weighted by Crippen LogP contribution is -2.44. The SMILES string of the molecule is COC(=O)[C@@H]1CC(=O)N(C(C)(C)C)[C@@H]1c1cnn(C)c1. The molecule has 2 heterocycles. The van der Waals surface area contributed by atoms with Crippen LogP contribution in [0.5, 0.6) is 0 Å². The zero-order valence-corrected chi connectivity index (χ0v) is 12.6. The van der Waals surface area contributed by atoms with E-state index in [0.717, 1.165) is 5.56 Å². The standard InChI is InChI=1S/C14H21N3O3/c1-14(2,3)17-11(18)6-10(13(19)20-5)12(17)9-7-15-16(4)8-9/h7-8,10,12H,6H2,1-5H3/t10-,12-/m1/s1. The molecule has 110 valence electrons. The molecule has 1 fully saturated rings. The second-order valence-electron chi connectivity index (χ2n) is 6.16. The highest BCUT2D eigenvalue weighted by Gasteiger charge is 2.49. The average Bonchev–Trinajstić information content (AvgIpc) is 2.90. The van der Waals surface area contributed by atoms with Crippen molar-refractivity contribution >= 4 is 11.9 Å². The van der Waals surface area contributed by atoms with E-state index in [2.05, 4.69) is 5.10 Å². The molecule has 0 aliphatic carbocycles. The smallest absolute Gasteiger partial charge is 0.311 e. The van der Waals surface area contributed by atoms with Crippen molar-refractivity contribution in [2.24, 2.45) is 13.0 Å². The van der Waals surface area contributed by atoms with Gasteiger partial charge in [0.15, 0.2) is 0 Å². The minimum atomic E-state index is -0.476. The average molecular weight is 279 g/mol. The van der Waals surface area contributed by atoms with Crippen LogP contribution in [0.1, 0.15) is 38.8 Å². The van der Waals surface area contributed by atoms with Crippen molar-refractivity contribution in [3.05, 3.63) is 18.0 Å². The van der Waals surface area contributed by atoms with Gasteiger partial charge >= 0.3 is 5.97 Å². The van der Waals surface area contributed by atoms with E-state index in [1.807, 2.05) is 34.0 Å². The third-order valence-corrected chi connectivity index (χ3v) is 3.62. The third kappa shape index (κ3) is 2.42. The highest BCUT2D eigenvalue weighted by molar-refractivity contribution is 5.88. The van der Waals surface area contributed by atoms with Crippen LogP contribution in [0.2, 0.25) is 0 Å². The number of likely N-dealkylation sites (tertiary alicyclic amines) is 1. The molecule has 0 spiro atoms. The summed E-state index contributed by atoms with van der Waals surface area (Å²) in [5.74, 6) is -0.850. The van der Waals surface area contributed by atoms with Crippen LogP contribution in [-0.4, -0.2) is 39.2 Å². The van der Waals surface area contributed by atoms with Gasteiger partial charge in [-0.05, 0) is 20.8 Å². The maximum atomic E-state index is 12.3. The molecule has 2 atom stereocenters. The first-order valence-corrected chi connectivity index (χ1v) is 6.64. The largest absolute Gasteiger partial charge is 0.469 e. The van der Waals surface area contributed by atoms with Crippen molar-refractivity contribution in [2.75, 3.05) is 7.11 Å². The number of hydrogen-bond acceptors (Lipinski definition) is 4. The summed E-state index contributed by atoms with van der Waals surface area (Å²) in [6, 6.07) is -0.316. The van der Waals surface area contributed by atoms with Gasteiger partial charge in [0.05, 0.1) is 25.3 Å². The van der Waals surface area contributed by atoms with Crippen molar-refractivity contribution in [3.8, 4) is 0 Å². The molecule has 0 aromatic carbocycles. The van der Waals surface area contributed by atoms with Crippen molar-refractivity contribution < 1.29 is 14.3 Å². The van der Waals surface area contributed by atoms with E-state index < -0.39 is 5.92 Å². The molecule has 6 nitrogen and oxygen atoms in total. The fraction of sp³-hybridized carbons (Fsp3) is 0.643. The molecule has 1 aliphatic rings. The topological polar surface area (TPSA) is 64.4 Å². The number of hydrogen-bond donors (Lipinski definition) is 0. The maximum Gasteiger partial charge on any atom is 0.311 e. The first-order valence-electron chi connectivity index (χ1n) is 6.64. The molecule has 0 unspecified atom stereocenters. The summed E-state index contributed by atoms with van der Waals surface area (Å²) in [4.78, 5) is 26.1. The molecule has 6 heteroatoms. The van der Waals surface area contributed by atoms with Crippen molar-refractivity contribution in [1.82, 2.24) is 14.7 Å². The summed E-state index contributed by atoms with van der Waals surface area (Å²) in [6.45, 7) is 5.90. The summed E-state index contributed by atoms with van der Waals surface area (Å²) in [7, 11) is 3.17. The van der Waals surface area contributed by atoms with Gasteiger partial charge < -0.3 is 9.64 Å². The molecule has 0 N–H and O–H groups in total. The maximum absolute atomic E-state index is 12.3. The van der Waals surface area contributed by atoms with Crippen LogP contribution in [0, 0.1) is 5.92 Å². The van der Waals surface area contributed by atoms with Gasteiger partial charge in [0.25, 0.3) is 0 Å². The van der Waals surface area contributed by atoms with Crippen molar-refractivity contribution in [2.45, 2.75) is 38.8 Å². The molecule has 0 radical (unpaired) electrons. The Bertz CT molecular complexity index is 530. The number of methoxy groups -OCH3 is 1. The number of rotatable bonds is 2. The number of amides is 1. The monoisotopic (exact) mass is 279 g/mol. The lowest BCUT2D eigenvalue weighted by molar-refractivity contribution is -0.146.